The summed E-state index contributed by atoms with van der Waals surface area (Å²) in [6, 6.07) is 0. The Labute approximate surface area is 223 Å². The van der Waals surface area contributed by atoms with Gasteiger partial charge in [-0.15, -0.1) is 0 Å². The Morgan fingerprint density at radius 3 is 2.53 bits per heavy atom. The van der Waals surface area contributed by atoms with Gasteiger partial charge in [0, 0.05) is 17.6 Å². The first-order valence-electron chi connectivity index (χ1n) is 13.4. The van der Waals surface area contributed by atoms with Gasteiger partial charge in [-0.2, -0.15) is 0 Å². The predicted molar refractivity (Wildman–Crippen MR) is 136 cm³/mol. The van der Waals surface area contributed by atoms with Gasteiger partial charge in [0.2, 0.25) is 0 Å². The smallest absolute Gasteiger partial charge is 0.331 e. The molecule has 9 unspecified atom stereocenters. The molecule has 0 radical (unpaired) electrons. The van der Waals surface area contributed by atoms with Crippen LogP contribution in [0.15, 0.2) is 47.6 Å². The zero-order valence-electron chi connectivity index (χ0n) is 22.4. The fourth-order valence-corrected chi connectivity index (χ4v) is 6.89. The second-order valence-electron chi connectivity index (χ2n) is 11.5. The largest absolute Gasteiger partial charge is 0.462 e. The summed E-state index contributed by atoms with van der Waals surface area (Å²) < 4.78 is 30.1. The molecule has 3 fully saturated rings. The lowest BCUT2D eigenvalue weighted by atomic mass is 9.51. The Morgan fingerprint density at radius 2 is 1.82 bits per heavy atom. The van der Waals surface area contributed by atoms with Gasteiger partial charge in [0.05, 0.1) is 30.8 Å². The average molecular weight is 531 g/mol. The molecule has 9 nitrogen and oxygen atoms in total. The second kappa shape index (κ2) is 10.0. The van der Waals surface area contributed by atoms with Gasteiger partial charge in [-0.1, -0.05) is 42.4 Å². The third-order valence-electron chi connectivity index (χ3n) is 9.26. The van der Waals surface area contributed by atoms with E-state index in [0.717, 1.165) is 17.6 Å². The molecule has 9 heteroatoms. The highest BCUT2D eigenvalue weighted by atomic mass is 16.7. The SMILES string of the molecule is CC1=CC(=O)OCC23CCC(C)=CC2OC2C(O)C(OC(=O)/C=C/C=CC(C(C)O)OCC1)C3(C)C21CO1. The number of carbonyl (C=O) groups excluding carboxylic acids is 2. The minimum absolute atomic E-state index is 0.0261. The summed E-state index contributed by atoms with van der Waals surface area (Å²) in [7, 11) is 0. The normalized spacial score (nSPS) is 45.1. The number of aliphatic hydroxyl groups excluding tert-OH is 2. The number of hydrogen-bond donors (Lipinski definition) is 2. The highest BCUT2D eigenvalue weighted by Crippen LogP contribution is 2.72. The van der Waals surface area contributed by atoms with E-state index in [2.05, 4.69) is 0 Å². The Hall–Kier alpha value is -2.30. The van der Waals surface area contributed by atoms with E-state index in [9.17, 15) is 19.8 Å². The van der Waals surface area contributed by atoms with Crippen molar-refractivity contribution in [3.8, 4) is 0 Å². The highest BCUT2D eigenvalue weighted by molar-refractivity contribution is 5.83. The molecule has 2 saturated heterocycles. The van der Waals surface area contributed by atoms with Crippen molar-refractivity contribution < 1.29 is 43.5 Å². The number of cyclic esters (lactones) is 1. The quantitative estimate of drug-likeness (QED) is 0.299. The van der Waals surface area contributed by atoms with Crippen molar-refractivity contribution in [3.05, 3.63) is 47.6 Å². The molecular weight excluding hydrogens is 492 g/mol. The van der Waals surface area contributed by atoms with Crippen molar-refractivity contribution in [2.24, 2.45) is 10.8 Å². The minimum Gasteiger partial charge on any atom is -0.462 e. The molecule has 2 bridgehead atoms. The predicted octanol–water partition coefficient (Wildman–Crippen LogP) is 2.31. The maximum absolute atomic E-state index is 13.0. The zero-order valence-corrected chi connectivity index (χ0v) is 22.4. The Morgan fingerprint density at radius 1 is 1.05 bits per heavy atom. The number of epoxide rings is 1. The number of carbonyl (C=O) groups is 2. The third-order valence-corrected chi connectivity index (χ3v) is 9.26. The summed E-state index contributed by atoms with van der Waals surface area (Å²) in [5.41, 5.74) is -0.543. The first-order chi connectivity index (χ1) is 18.0. The van der Waals surface area contributed by atoms with Crippen LogP contribution in [0.5, 0.6) is 0 Å². The molecule has 0 aromatic carbocycles. The topological polar surface area (TPSA) is 124 Å². The molecule has 2 spiro atoms. The second-order valence-corrected chi connectivity index (χ2v) is 11.5. The summed E-state index contributed by atoms with van der Waals surface area (Å²) in [4.78, 5) is 25.9. The molecule has 0 aromatic heterocycles. The van der Waals surface area contributed by atoms with E-state index in [4.69, 9.17) is 23.7 Å². The molecule has 0 amide bonds. The van der Waals surface area contributed by atoms with E-state index in [1.54, 1.807) is 19.1 Å². The highest BCUT2D eigenvalue weighted by Gasteiger charge is 2.85. The number of esters is 2. The van der Waals surface area contributed by atoms with Crippen molar-refractivity contribution in [2.75, 3.05) is 19.8 Å². The van der Waals surface area contributed by atoms with Gasteiger partial charge in [-0.3, -0.25) is 0 Å². The Bertz CT molecular complexity index is 1080. The maximum Gasteiger partial charge on any atom is 0.331 e. The monoisotopic (exact) mass is 530 g/mol. The number of rotatable bonds is 1. The van der Waals surface area contributed by atoms with Crippen LogP contribution in [0, 0.1) is 10.8 Å². The molecule has 2 aliphatic carbocycles. The van der Waals surface area contributed by atoms with Crippen LogP contribution in [0.4, 0.5) is 0 Å². The summed E-state index contributed by atoms with van der Waals surface area (Å²) in [5.74, 6) is -1.11. The molecule has 1 saturated carbocycles. The molecule has 3 heterocycles. The molecule has 0 aromatic rings. The summed E-state index contributed by atoms with van der Waals surface area (Å²) in [6.45, 7) is 8.14. The van der Waals surface area contributed by atoms with Crippen LogP contribution in [0.1, 0.15) is 47.0 Å². The van der Waals surface area contributed by atoms with Gasteiger partial charge in [0.25, 0.3) is 0 Å². The summed E-state index contributed by atoms with van der Waals surface area (Å²) >= 11 is 0. The van der Waals surface area contributed by atoms with Crippen LogP contribution >= 0.6 is 0 Å². The fourth-order valence-electron chi connectivity index (χ4n) is 6.89. The lowest BCUT2D eigenvalue weighted by molar-refractivity contribution is -0.232. The number of allylic oxidation sites excluding steroid dienone is 3. The zero-order chi connectivity index (χ0) is 27.3. The molecule has 5 rings (SSSR count). The van der Waals surface area contributed by atoms with Crippen LogP contribution < -0.4 is 0 Å². The fraction of sp³-hybridized carbons (Fsp3) is 0.655. The molecule has 2 N–H and O–H groups in total. The number of ether oxygens (including phenoxy) is 5. The number of hydrogen-bond acceptors (Lipinski definition) is 9. The minimum atomic E-state index is -1.11. The maximum atomic E-state index is 13.0. The molecule has 9 atom stereocenters. The third kappa shape index (κ3) is 4.29. The number of aliphatic hydroxyl groups is 2. The molecule has 38 heavy (non-hydrogen) atoms. The lowest BCUT2D eigenvalue weighted by Gasteiger charge is -2.58. The van der Waals surface area contributed by atoms with Crippen molar-refractivity contribution in [1.82, 2.24) is 0 Å². The van der Waals surface area contributed by atoms with Gasteiger partial charge in [0.1, 0.15) is 36.6 Å². The van der Waals surface area contributed by atoms with E-state index in [-0.39, 0.29) is 6.61 Å². The van der Waals surface area contributed by atoms with Gasteiger partial charge >= 0.3 is 11.9 Å². The van der Waals surface area contributed by atoms with E-state index >= 15 is 0 Å². The first-order valence-corrected chi connectivity index (χ1v) is 13.4. The van der Waals surface area contributed by atoms with Gasteiger partial charge < -0.3 is 33.9 Å². The van der Waals surface area contributed by atoms with Gasteiger partial charge in [0.15, 0.2) is 0 Å². The summed E-state index contributed by atoms with van der Waals surface area (Å²) in [6.07, 6.45) is 6.92. The van der Waals surface area contributed by atoms with Crippen molar-refractivity contribution in [2.45, 2.75) is 89.2 Å². The molecule has 3 aliphatic heterocycles. The van der Waals surface area contributed by atoms with Gasteiger partial charge in [-0.05, 0) is 40.0 Å². The lowest BCUT2D eigenvalue weighted by Crippen LogP contribution is -2.66. The van der Waals surface area contributed by atoms with Crippen LogP contribution in [-0.2, 0) is 33.3 Å². The van der Waals surface area contributed by atoms with E-state index in [1.807, 2.05) is 26.8 Å². The van der Waals surface area contributed by atoms with E-state index in [1.165, 1.54) is 18.2 Å². The van der Waals surface area contributed by atoms with Crippen LogP contribution in [0.3, 0.4) is 0 Å². The van der Waals surface area contributed by atoms with Crippen LogP contribution in [-0.4, -0.2) is 84.2 Å². The Balaban J connectivity index is 1.54. The van der Waals surface area contributed by atoms with Crippen LogP contribution in [0.2, 0.25) is 0 Å². The molecule has 208 valence electrons. The molecule has 5 aliphatic rings. The Kier molecular flexibility index (Phi) is 7.19. The van der Waals surface area contributed by atoms with Crippen molar-refractivity contribution in [1.29, 1.82) is 0 Å². The van der Waals surface area contributed by atoms with Crippen LogP contribution in [0.25, 0.3) is 0 Å². The van der Waals surface area contributed by atoms with Crippen molar-refractivity contribution in [3.63, 3.8) is 0 Å². The first kappa shape index (κ1) is 27.3. The average Bonchev–Trinajstić information content (AvgIpc) is 3.64. The molecular formula is C29H38O9. The van der Waals surface area contributed by atoms with E-state index in [0.29, 0.717) is 26.1 Å². The standard InChI is InChI=1S/C29H38O9/c1-17-9-11-28-15-35-23(32)14-18(2)10-12-34-20(19(3)30)7-5-6-8-22(31)38-25-24(33)26(37-21(28)13-17)29(16-36-29)27(25,28)4/h5-8,13-14,19-21,24-26,30,33H,9-12,15-16H2,1-4H3/b7-5?,8-6+,18-14?. The summed E-state index contributed by atoms with van der Waals surface area (Å²) in [5, 5.41) is 21.5. The van der Waals surface area contributed by atoms with Crippen molar-refractivity contribution >= 4 is 11.9 Å². The van der Waals surface area contributed by atoms with E-state index < -0.39 is 65.0 Å². The van der Waals surface area contributed by atoms with Gasteiger partial charge in [-0.25, -0.2) is 9.59 Å².